The van der Waals surface area contributed by atoms with Gasteiger partial charge in [0.25, 0.3) is 5.91 Å². The molecule has 0 radical (unpaired) electrons. The van der Waals surface area contributed by atoms with Crippen molar-refractivity contribution >= 4 is 29.3 Å². The first kappa shape index (κ1) is 23.1. The van der Waals surface area contributed by atoms with Crippen molar-refractivity contribution < 1.29 is 9.53 Å². The van der Waals surface area contributed by atoms with E-state index in [4.69, 9.17) is 16.3 Å². The minimum absolute atomic E-state index is 0.00118. The van der Waals surface area contributed by atoms with Crippen LogP contribution in [0.25, 0.3) is 6.08 Å². The summed E-state index contributed by atoms with van der Waals surface area (Å²) in [6, 6.07) is 18.8. The van der Waals surface area contributed by atoms with Crippen molar-refractivity contribution in [3.63, 3.8) is 0 Å². The lowest BCUT2D eigenvalue weighted by Gasteiger charge is -2.13. The molecule has 0 aliphatic rings. The van der Waals surface area contributed by atoms with Crippen molar-refractivity contribution in [2.45, 2.75) is 34.3 Å². The molecule has 0 aliphatic carbocycles. The van der Waals surface area contributed by atoms with E-state index < -0.39 is 5.91 Å². The van der Waals surface area contributed by atoms with Crippen LogP contribution in [0.15, 0.2) is 60.2 Å². The number of aryl methyl sites for hydroxylation is 4. The number of rotatable bonds is 6. The molecule has 0 fully saturated rings. The molecule has 0 saturated heterocycles. The molecule has 1 amide bonds. The number of nitrogens with one attached hydrogen (secondary N) is 1. The number of ether oxygens (including phenoxy) is 1. The number of benzene rings is 3. The number of carbonyl (C=O) groups is 1. The number of nitrogens with zero attached hydrogens (tertiary/aromatic N) is 1. The molecule has 3 rings (SSSR count). The number of anilines is 1. The molecule has 5 heteroatoms. The average molecular weight is 445 g/mol. The van der Waals surface area contributed by atoms with Crippen molar-refractivity contribution in [1.29, 1.82) is 5.26 Å². The second-order valence-corrected chi connectivity index (χ2v) is 8.23. The second kappa shape index (κ2) is 10.2. The van der Waals surface area contributed by atoms with Gasteiger partial charge in [0, 0.05) is 10.7 Å². The van der Waals surface area contributed by atoms with E-state index in [0.29, 0.717) is 17.3 Å². The Balaban J connectivity index is 1.68. The van der Waals surface area contributed by atoms with Gasteiger partial charge in [-0.3, -0.25) is 4.79 Å². The summed E-state index contributed by atoms with van der Waals surface area (Å²) in [4.78, 5) is 12.5. The van der Waals surface area contributed by atoms with Crippen molar-refractivity contribution in [2.24, 2.45) is 0 Å². The third kappa shape index (κ3) is 5.78. The van der Waals surface area contributed by atoms with Crippen LogP contribution in [-0.2, 0) is 11.4 Å². The standard InChI is InChI=1S/C27H25ClN2O2/c1-17-11-19(3)25(20(4)12-17)16-32-24-9-6-21(7-10-24)13-22(15-29)27(31)30-23-8-5-18(2)26(28)14-23/h5-14H,16H2,1-4H3,(H,30,31)/b22-13+. The van der Waals surface area contributed by atoms with Gasteiger partial charge in [-0.1, -0.05) is 47.5 Å². The minimum atomic E-state index is -0.488. The molecule has 3 aromatic rings. The van der Waals surface area contributed by atoms with E-state index >= 15 is 0 Å². The van der Waals surface area contributed by atoms with Gasteiger partial charge in [0.15, 0.2) is 0 Å². The van der Waals surface area contributed by atoms with Crippen LogP contribution in [0.3, 0.4) is 0 Å². The Hall–Kier alpha value is -3.55. The van der Waals surface area contributed by atoms with E-state index in [1.807, 2.05) is 43.3 Å². The molecule has 32 heavy (non-hydrogen) atoms. The highest BCUT2D eigenvalue weighted by molar-refractivity contribution is 6.31. The van der Waals surface area contributed by atoms with Crippen molar-refractivity contribution in [2.75, 3.05) is 5.32 Å². The predicted molar refractivity (Wildman–Crippen MR) is 130 cm³/mol. The van der Waals surface area contributed by atoms with E-state index in [1.54, 1.807) is 18.2 Å². The van der Waals surface area contributed by atoms with Crippen LogP contribution in [0, 0.1) is 39.0 Å². The molecule has 3 aromatic carbocycles. The topological polar surface area (TPSA) is 62.1 Å². The lowest BCUT2D eigenvalue weighted by Crippen LogP contribution is -2.13. The summed E-state index contributed by atoms with van der Waals surface area (Å²) in [6.45, 7) is 8.63. The van der Waals surface area contributed by atoms with Crippen LogP contribution in [0.5, 0.6) is 5.75 Å². The van der Waals surface area contributed by atoms with Crippen LogP contribution < -0.4 is 10.1 Å². The molecule has 0 heterocycles. The normalized spacial score (nSPS) is 11.1. The first-order valence-electron chi connectivity index (χ1n) is 10.3. The molecule has 0 saturated carbocycles. The third-order valence-corrected chi connectivity index (χ3v) is 5.62. The number of amides is 1. The van der Waals surface area contributed by atoms with Gasteiger partial charge < -0.3 is 10.1 Å². The number of hydrogen-bond donors (Lipinski definition) is 1. The van der Waals surface area contributed by atoms with E-state index in [0.717, 1.165) is 16.9 Å². The Bertz CT molecular complexity index is 1200. The first-order valence-corrected chi connectivity index (χ1v) is 10.6. The molecule has 0 bridgehead atoms. The summed E-state index contributed by atoms with van der Waals surface area (Å²) >= 11 is 6.10. The SMILES string of the molecule is Cc1cc(C)c(COc2ccc(/C=C(\C#N)C(=O)Nc3ccc(C)c(Cl)c3)cc2)c(C)c1. The number of nitriles is 1. The molecule has 1 N–H and O–H groups in total. The van der Waals surface area contributed by atoms with Gasteiger partial charge >= 0.3 is 0 Å². The summed E-state index contributed by atoms with van der Waals surface area (Å²) in [5.74, 6) is 0.233. The van der Waals surface area contributed by atoms with Crippen molar-refractivity contribution in [1.82, 2.24) is 0 Å². The van der Waals surface area contributed by atoms with Gasteiger partial charge in [0.2, 0.25) is 0 Å². The van der Waals surface area contributed by atoms with Crippen LogP contribution in [0.1, 0.15) is 33.4 Å². The summed E-state index contributed by atoms with van der Waals surface area (Å²) in [6.07, 6.45) is 1.54. The number of halogens is 1. The van der Waals surface area contributed by atoms with Gasteiger partial charge in [-0.2, -0.15) is 5.26 Å². The lowest BCUT2D eigenvalue weighted by molar-refractivity contribution is -0.112. The third-order valence-electron chi connectivity index (χ3n) is 5.21. The first-order chi connectivity index (χ1) is 15.3. The van der Waals surface area contributed by atoms with Crippen LogP contribution in [0.2, 0.25) is 5.02 Å². The molecule has 0 spiro atoms. The molecule has 0 aromatic heterocycles. The molecule has 4 nitrogen and oxygen atoms in total. The van der Waals surface area contributed by atoms with E-state index in [1.165, 1.54) is 22.3 Å². The van der Waals surface area contributed by atoms with Gasteiger partial charge in [-0.05, 0) is 85.9 Å². The summed E-state index contributed by atoms with van der Waals surface area (Å²) in [7, 11) is 0. The van der Waals surface area contributed by atoms with E-state index in [2.05, 4.69) is 38.2 Å². The fourth-order valence-corrected chi connectivity index (χ4v) is 3.62. The Kier molecular flexibility index (Phi) is 7.35. The molecule has 162 valence electrons. The number of carbonyl (C=O) groups excluding carboxylic acids is 1. The molecular formula is C27H25ClN2O2. The van der Waals surface area contributed by atoms with Crippen LogP contribution >= 0.6 is 11.6 Å². The van der Waals surface area contributed by atoms with Gasteiger partial charge in [-0.15, -0.1) is 0 Å². The molecule has 0 unspecified atom stereocenters. The minimum Gasteiger partial charge on any atom is -0.489 e. The second-order valence-electron chi connectivity index (χ2n) is 7.82. The average Bonchev–Trinajstić information content (AvgIpc) is 2.74. The maximum Gasteiger partial charge on any atom is 0.266 e. The van der Waals surface area contributed by atoms with E-state index in [9.17, 15) is 10.1 Å². The lowest BCUT2D eigenvalue weighted by atomic mass is 10.0. The largest absolute Gasteiger partial charge is 0.489 e. The molecule has 0 atom stereocenters. The Morgan fingerprint density at radius 2 is 1.66 bits per heavy atom. The molecular weight excluding hydrogens is 420 g/mol. The monoisotopic (exact) mass is 444 g/mol. The van der Waals surface area contributed by atoms with Crippen LogP contribution in [-0.4, -0.2) is 5.91 Å². The Morgan fingerprint density at radius 3 is 2.25 bits per heavy atom. The predicted octanol–water partition coefficient (Wildman–Crippen LogP) is 6.70. The highest BCUT2D eigenvalue weighted by Crippen LogP contribution is 2.22. The smallest absolute Gasteiger partial charge is 0.266 e. The maximum atomic E-state index is 12.5. The fraction of sp³-hybridized carbons (Fsp3) is 0.185. The zero-order valence-corrected chi connectivity index (χ0v) is 19.4. The highest BCUT2D eigenvalue weighted by Gasteiger charge is 2.11. The summed E-state index contributed by atoms with van der Waals surface area (Å²) in [5.41, 5.74) is 7.02. The van der Waals surface area contributed by atoms with Crippen LogP contribution in [0.4, 0.5) is 5.69 Å². The van der Waals surface area contributed by atoms with Gasteiger partial charge in [0.05, 0.1) is 0 Å². The fourth-order valence-electron chi connectivity index (χ4n) is 3.44. The Morgan fingerprint density at radius 1 is 1.00 bits per heavy atom. The van der Waals surface area contributed by atoms with E-state index in [-0.39, 0.29) is 5.57 Å². The van der Waals surface area contributed by atoms with Crippen molar-refractivity contribution in [3.05, 3.63) is 98.6 Å². The summed E-state index contributed by atoms with van der Waals surface area (Å²) in [5, 5.41) is 12.7. The van der Waals surface area contributed by atoms with Gasteiger partial charge in [0.1, 0.15) is 24.0 Å². The zero-order chi connectivity index (χ0) is 23.3. The quantitative estimate of drug-likeness (QED) is 0.340. The Labute approximate surface area is 194 Å². The maximum absolute atomic E-state index is 12.5. The molecule has 0 aliphatic heterocycles. The van der Waals surface area contributed by atoms with Gasteiger partial charge in [-0.25, -0.2) is 0 Å². The highest BCUT2D eigenvalue weighted by atomic mass is 35.5. The summed E-state index contributed by atoms with van der Waals surface area (Å²) < 4.78 is 5.95. The van der Waals surface area contributed by atoms with Crippen molar-refractivity contribution in [3.8, 4) is 11.8 Å². The zero-order valence-electron chi connectivity index (χ0n) is 18.6. The number of hydrogen-bond acceptors (Lipinski definition) is 3.